The molecule has 1 N–H and O–H groups in total. The summed E-state index contributed by atoms with van der Waals surface area (Å²) >= 11 is 0. The van der Waals surface area contributed by atoms with Crippen molar-refractivity contribution >= 4 is 5.91 Å². The van der Waals surface area contributed by atoms with Crippen molar-refractivity contribution in [2.24, 2.45) is 0 Å². The fourth-order valence-corrected chi connectivity index (χ4v) is 3.45. The molecule has 4 heterocycles. The van der Waals surface area contributed by atoms with Crippen LogP contribution in [0.1, 0.15) is 52.9 Å². The number of nitrogens with zero attached hydrogens (tertiary/aromatic N) is 5. The van der Waals surface area contributed by atoms with E-state index >= 15 is 0 Å². The van der Waals surface area contributed by atoms with E-state index in [1.54, 1.807) is 0 Å². The van der Waals surface area contributed by atoms with Crippen LogP contribution in [-0.4, -0.2) is 44.0 Å². The molecular formula is C15H20N6O2. The summed E-state index contributed by atoms with van der Waals surface area (Å²) in [5.41, 5.74) is 3.10. The third kappa shape index (κ3) is 2.52. The number of fused-ring (bicyclic) bond motifs is 1. The summed E-state index contributed by atoms with van der Waals surface area (Å²) in [6.45, 7) is 5.17. The highest BCUT2D eigenvalue weighted by Crippen LogP contribution is 2.33. The Morgan fingerprint density at radius 2 is 2.26 bits per heavy atom. The highest BCUT2D eigenvalue weighted by Gasteiger charge is 2.35. The Labute approximate surface area is 133 Å². The van der Waals surface area contributed by atoms with E-state index in [2.05, 4.69) is 20.7 Å². The van der Waals surface area contributed by atoms with Gasteiger partial charge in [0.05, 0.1) is 11.7 Å². The minimum atomic E-state index is -0.0617. The molecule has 8 nitrogen and oxygen atoms in total. The van der Waals surface area contributed by atoms with Gasteiger partial charge in [-0.15, -0.1) is 0 Å². The van der Waals surface area contributed by atoms with E-state index in [4.69, 9.17) is 4.63 Å². The molecule has 2 aromatic rings. The summed E-state index contributed by atoms with van der Waals surface area (Å²) in [6.07, 6.45) is 2.87. The van der Waals surface area contributed by atoms with Gasteiger partial charge in [0.25, 0.3) is 5.91 Å². The molecule has 23 heavy (non-hydrogen) atoms. The van der Waals surface area contributed by atoms with Gasteiger partial charge in [0.1, 0.15) is 11.4 Å². The van der Waals surface area contributed by atoms with E-state index in [9.17, 15) is 4.79 Å². The molecule has 122 valence electrons. The molecule has 1 fully saturated rings. The van der Waals surface area contributed by atoms with Crippen LogP contribution in [0.25, 0.3) is 0 Å². The Kier molecular flexibility index (Phi) is 3.60. The average Bonchev–Trinajstić information content (AvgIpc) is 3.24. The smallest absolute Gasteiger partial charge is 0.274 e. The number of aryl methyl sites for hydroxylation is 2. The van der Waals surface area contributed by atoms with Crippen molar-refractivity contribution in [2.45, 2.75) is 45.3 Å². The zero-order valence-electron chi connectivity index (χ0n) is 13.2. The molecule has 1 atom stereocenters. The van der Waals surface area contributed by atoms with Gasteiger partial charge in [-0.05, 0) is 38.8 Å². The van der Waals surface area contributed by atoms with Gasteiger partial charge in [-0.2, -0.15) is 5.10 Å². The first-order chi connectivity index (χ1) is 11.2. The molecule has 0 spiro atoms. The molecule has 2 aliphatic rings. The maximum Gasteiger partial charge on any atom is 0.274 e. The van der Waals surface area contributed by atoms with E-state index in [1.807, 2.05) is 22.6 Å². The normalized spacial score (nSPS) is 21.3. The molecule has 8 heteroatoms. The summed E-state index contributed by atoms with van der Waals surface area (Å²) in [5.74, 6) is -0.0320. The summed E-state index contributed by atoms with van der Waals surface area (Å²) < 4.78 is 6.75. The first-order valence-corrected chi connectivity index (χ1v) is 8.11. The summed E-state index contributed by atoms with van der Waals surface area (Å²) in [4.78, 5) is 14.8. The zero-order chi connectivity index (χ0) is 15.8. The second-order valence-corrected chi connectivity index (χ2v) is 6.17. The van der Waals surface area contributed by atoms with Crippen LogP contribution in [-0.2, 0) is 13.1 Å². The first-order valence-electron chi connectivity index (χ1n) is 8.11. The number of hydrogen-bond acceptors (Lipinski definition) is 6. The van der Waals surface area contributed by atoms with Crippen molar-refractivity contribution in [3.05, 3.63) is 28.8 Å². The molecular weight excluding hydrogens is 296 g/mol. The van der Waals surface area contributed by atoms with Gasteiger partial charge >= 0.3 is 0 Å². The number of carbonyl (C=O) groups is 1. The molecule has 2 aliphatic heterocycles. The van der Waals surface area contributed by atoms with Gasteiger partial charge in [0.15, 0.2) is 5.69 Å². The minimum Gasteiger partial charge on any atom is -0.328 e. The topological polar surface area (TPSA) is 89.1 Å². The van der Waals surface area contributed by atoms with E-state index in [1.165, 1.54) is 0 Å². The van der Waals surface area contributed by atoms with Crippen molar-refractivity contribution in [1.82, 2.24) is 30.3 Å². The molecule has 0 saturated carbocycles. The standard InChI is InChI=1S/C15H20N6O2/c1-10-14(19-23-18-10)13-4-2-6-20(13)15(22)12-8-11-9-16-5-3-7-21(11)17-12/h8,13,16H,2-7,9H2,1H3. The number of amides is 1. The van der Waals surface area contributed by atoms with Gasteiger partial charge in [0.2, 0.25) is 0 Å². The average molecular weight is 316 g/mol. The first kappa shape index (κ1) is 14.4. The largest absolute Gasteiger partial charge is 0.328 e. The highest BCUT2D eigenvalue weighted by atomic mass is 16.6. The molecule has 1 saturated heterocycles. The second kappa shape index (κ2) is 5.77. The Bertz CT molecular complexity index is 698. The van der Waals surface area contributed by atoms with Crippen LogP contribution in [0.4, 0.5) is 0 Å². The Morgan fingerprint density at radius 1 is 1.35 bits per heavy atom. The predicted molar refractivity (Wildman–Crippen MR) is 80.6 cm³/mol. The summed E-state index contributed by atoms with van der Waals surface area (Å²) in [7, 11) is 0. The predicted octanol–water partition coefficient (Wildman–Crippen LogP) is 1.05. The second-order valence-electron chi connectivity index (χ2n) is 6.17. The lowest BCUT2D eigenvalue weighted by Gasteiger charge is -2.22. The third-order valence-corrected chi connectivity index (χ3v) is 4.63. The molecule has 0 aliphatic carbocycles. The van der Waals surface area contributed by atoms with Crippen LogP contribution in [0, 0.1) is 6.92 Å². The molecule has 4 rings (SSSR count). The minimum absolute atomic E-state index is 0.0320. The molecule has 1 amide bonds. The van der Waals surface area contributed by atoms with Gasteiger partial charge in [-0.25, -0.2) is 4.63 Å². The SMILES string of the molecule is Cc1nonc1C1CCCN1C(=O)c1cc2n(n1)CCCNC2. The maximum atomic E-state index is 12.9. The number of likely N-dealkylation sites (tertiary alicyclic amines) is 1. The van der Waals surface area contributed by atoms with Crippen molar-refractivity contribution in [2.75, 3.05) is 13.1 Å². The van der Waals surface area contributed by atoms with Crippen LogP contribution in [0.15, 0.2) is 10.7 Å². The van der Waals surface area contributed by atoms with E-state index in [0.717, 1.165) is 62.5 Å². The lowest BCUT2D eigenvalue weighted by Crippen LogP contribution is -2.31. The van der Waals surface area contributed by atoms with Crippen molar-refractivity contribution in [1.29, 1.82) is 0 Å². The zero-order valence-corrected chi connectivity index (χ0v) is 13.2. The van der Waals surface area contributed by atoms with Crippen LogP contribution >= 0.6 is 0 Å². The quantitative estimate of drug-likeness (QED) is 0.890. The molecule has 2 aromatic heterocycles. The molecule has 0 aromatic carbocycles. The van der Waals surface area contributed by atoms with Crippen LogP contribution in [0.2, 0.25) is 0 Å². The Morgan fingerprint density at radius 3 is 3.09 bits per heavy atom. The van der Waals surface area contributed by atoms with Gasteiger partial charge < -0.3 is 10.2 Å². The van der Waals surface area contributed by atoms with Crippen LogP contribution in [0.5, 0.6) is 0 Å². The van der Waals surface area contributed by atoms with E-state index in [0.29, 0.717) is 5.69 Å². The third-order valence-electron chi connectivity index (χ3n) is 4.63. The van der Waals surface area contributed by atoms with Crippen LogP contribution < -0.4 is 5.32 Å². The van der Waals surface area contributed by atoms with Crippen molar-refractivity contribution < 1.29 is 9.42 Å². The Hall–Kier alpha value is -2.22. The number of rotatable bonds is 2. The van der Waals surface area contributed by atoms with E-state index in [-0.39, 0.29) is 11.9 Å². The van der Waals surface area contributed by atoms with Crippen molar-refractivity contribution in [3.63, 3.8) is 0 Å². The Balaban J connectivity index is 1.60. The van der Waals surface area contributed by atoms with Crippen molar-refractivity contribution in [3.8, 4) is 0 Å². The number of aromatic nitrogens is 4. The highest BCUT2D eigenvalue weighted by molar-refractivity contribution is 5.93. The number of carbonyl (C=O) groups excluding carboxylic acids is 1. The van der Waals surface area contributed by atoms with E-state index < -0.39 is 0 Å². The van der Waals surface area contributed by atoms with Gasteiger partial charge in [0, 0.05) is 19.6 Å². The van der Waals surface area contributed by atoms with Gasteiger partial charge in [-0.1, -0.05) is 10.3 Å². The molecule has 0 bridgehead atoms. The number of nitrogens with one attached hydrogen (secondary N) is 1. The molecule has 1 unspecified atom stereocenters. The summed E-state index contributed by atoms with van der Waals surface area (Å²) in [6, 6.07) is 1.84. The van der Waals surface area contributed by atoms with Gasteiger partial charge in [-0.3, -0.25) is 9.48 Å². The number of hydrogen-bond donors (Lipinski definition) is 1. The lowest BCUT2D eigenvalue weighted by atomic mass is 10.1. The fourth-order valence-electron chi connectivity index (χ4n) is 3.45. The summed E-state index contributed by atoms with van der Waals surface area (Å²) in [5, 5.41) is 15.7. The molecule has 0 radical (unpaired) electrons. The lowest BCUT2D eigenvalue weighted by molar-refractivity contribution is 0.0723. The maximum absolute atomic E-state index is 12.9. The monoisotopic (exact) mass is 316 g/mol. The van der Waals surface area contributed by atoms with Crippen LogP contribution in [0.3, 0.4) is 0 Å². The fraction of sp³-hybridized carbons (Fsp3) is 0.600.